The second-order valence-corrected chi connectivity index (χ2v) is 9.16. The van der Waals surface area contributed by atoms with E-state index in [1.165, 1.54) is 11.1 Å². The van der Waals surface area contributed by atoms with E-state index in [9.17, 15) is 9.59 Å². The number of carbonyl (C=O) groups excluding carboxylic acids is 2. The summed E-state index contributed by atoms with van der Waals surface area (Å²) < 4.78 is 0. The molecular formula is C25H28N4O2. The van der Waals surface area contributed by atoms with E-state index >= 15 is 0 Å². The predicted molar refractivity (Wildman–Crippen MR) is 122 cm³/mol. The molecule has 1 heterocycles. The van der Waals surface area contributed by atoms with Crippen molar-refractivity contribution in [2.45, 2.75) is 32.2 Å². The monoisotopic (exact) mass is 416 g/mol. The van der Waals surface area contributed by atoms with Gasteiger partial charge >= 0.3 is 0 Å². The Hall–Kier alpha value is -2.96. The van der Waals surface area contributed by atoms with Gasteiger partial charge in [0.25, 0.3) is 0 Å². The molecule has 2 aromatic carbocycles. The van der Waals surface area contributed by atoms with Gasteiger partial charge in [-0.05, 0) is 73.2 Å². The van der Waals surface area contributed by atoms with Gasteiger partial charge in [0.2, 0.25) is 11.8 Å². The fourth-order valence-electron chi connectivity index (χ4n) is 5.17. The number of nitrogens with two attached hydrogens (primary N) is 1. The number of nitrogens with one attached hydrogen (secondary N) is 3. The minimum atomic E-state index is -0.394. The van der Waals surface area contributed by atoms with Crippen LogP contribution < -0.4 is 21.7 Å². The molecule has 0 saturated heterocycles. The van der Waals surface area contributed by atoms with Crippen molar-refractivity contribution in [2.24, 2.45) is 16.6 Å². The highest BCUT2D eigenvalue weighted by Crippen LogP contribution is 2.73. The summed E-state index contributed by atoms with van der Waals surface area (Å²) in [6.45, 7) is 2.39. The van der Waals surface area contributed by atoms with Crippen LogP contribution in [0.3, 0.4) is 0 Å². The molecule has 160 valence electrons. The van der Waals surface area contributed by atoms with E-state index in [4.69, 9.17) is 5.73 Å². The average Bonchev–Trinajstić information content (AvgIpc) is 2.73. The summed E-state index contributed by atoms with van der Waals surface area (Å²) in [5.74, 6) is 0.0468. The lowest BCUT2D eigenvalue weighted by atomic mass is 9.34. The molecule has 2 amide bonds. The van der Waals surface area contributed by atoms with Gasteiger partial charge in [-0.3, -0.25) is 9.59 Å². The number of amides is 2. The topological polar surface area (TPSA) is 96.2 Å². The van der Waals surface area contributed by atoms with E-state index in [1.54, 1.807) is 0 Å². The van der Waals surface area contributed by atoms with E-state index in [1.807, 2.05) is 36.4 Å². The van der Waals surface area contributed by atoms with Gasteiger partial charge in [0.1, 0.15) is 0 Å². The highest BCUT2D eigenvalue weighted by molar-refractivity contribution is 6.05. The Morgan fingerprint density at radius 1 is 0.871 bits per heavy atom. The van der Waals surface area contributed by atoms with Crippen molar-refractivity contribution in [1.29, 1.82) is 0 Å². The molecule has 3 saturated carbocycles. The number of benzene rings is 2. The number of hydrogen-bond acceptors (Lipinski definition) is 4. The molecule has 6 heteroatoms. The third-order valence-corrected chi connectivity index (χ3v) is 7.02. The summed E-state index contributed by atoms with van der Waals surface area (Å²) in [5.41, 5.74) is 10.0. The van der Waals surface area contributed by atoms with E-state index in [0.717, 1.165) is 36.4 Å². The molecule has 3 fully saturated rings. The summed E-state index contributed by atoms with van der Waals surface area (Å²) in [6, 6.07) is 15.7. The van der Waals surface area contributed by atoms with Gasteiger partial charge in [0.05, 0.1) is 10.8 Å². The molecule has 6 rings (SSSR count). The fourth-order valence-corrected chi connectivity index (χ4v) is 5.17. The van der Waals surface area contributed by atoms with Crippen molar-refractivity contribution in [1.82, 2.24) is 5.32 Å². The lowest BCUT2D eigenvalue weighted by molar-refractivity contribution is -0.201. The summed E-state index contributed by atoms with van der Waals surface area (Å²) in [7, 11) is 0. The minimum absolute atomic E-state index is 0.0160. The summed E-state index contributed by atoms with van der Waals surface area (Å²) in [4.78, 5) is 25.6. The third kappa shape index (κ3) is 3.56. The molecule has 0 spiro atoms. The normalized spacial score (nSPS) is 26.2. The van der Waals surface area contributed by atoms with E-state index in [-0.39, 0.29) is 11.8 Å². The van der Waals surface area contributed by atoms with E-state index in [2.05, 4.69) is 34.2 Å². The van der Waals surface area contributed by atoms with Gasteiger partial charge < -0.3 is 21.7 Å². The third-order valence-electron chi connectivity index (χ3n) is 7.02. The van der Waals surface area contributed by atoms with Crippen LogP contribution in [0.2, 0.25) is 0 Å². The molecule has 5 N–H and O–H groups in total. The van der Waals surface area contributed by atoms with Crippen molar-refractivity contribution in [3.05, 3.63) is 65.7 Å². The van der Waals surface area contributed by atoms with Gasteiger partial charge in [0, 0.05) is 24.5 Å². The van der Waals surface area contributed by atoms with Crippen LogP contribution in [-0.4, -0.2) is 24.9 Å². The Morgan fingerprint density at radius 3 is 1.90 bits per heavy atom. The zero-order chi connectivity index (χ0) is 21.5. The average molecular weight is 417 g/mol. The quantitative estimate of drug-likeness (QED) is 0.581. The van der Waals surface area contributed by atoms with Gasteiger partial charge in [-0.15, -0.1) is 0 Å². The number of anilines is 2. The molecule has 2 aromatic rings. The number of carbonyl (C=O) groups is 2. The Bertz CT molecular complexity index is 1020. The SMILES string of the molecule is NCc1ccc(NC(=O)C23CC(C(=O)Nc4ccc(C5=CCNCC5)cc4)(C2)C3)cc1. The lowest BCUT2D eigenvalue weighted by Crippen LogP contribution is -2.70. The van der Waals surface area contributed by atoms with Crippen LogP contribution in [0, 0.1) is 10.8 Å². The zero-order valence-electron chi connectivity index (χ0n) is 17.5. The van der Waals surface area contributed by atoms with Crippen molar-refractivity contribution in [3.8, 4) is 0 Å². The van der Waals surface area contributed by atoms with Crippen LogP contribution in [0.5, 0.6) is 0 Å². The van der Waals surface area contributed by atoms with Crippen molar-refractivity contribution < 1.29 is 9.59 Å². The molecule has 0 radical (unpaired) electrons. The molecule has 4 aliphatic rings. The molecule has 6 nitrogen and oxygen atoms in total. The van der Waals surface area contributed by atoms with Crippen LogP contribution in [0.15, 0.2) is 54.6 Å². The van der Waals surface area contributed by atoms with Crippen molar-refractivity contribution in [3.63, 3.8) is 0 Å². The first-order valence-corrected chi connectivity index (χ1v) is 10.9. The van der Waals surface area contributed by atoms with Gasteiger partial charge in [-0.25, -0.2) is 0 Å². The number of hydrogen-bond donors (Lipinski definition) is 4. The number of rotatable bonds is 6. The lowest BCUT2D eigenvalue weighted by Gasteiger charge is -2.67. The van der Waals surface area contributed by atoms with Crippen molar-refractivity contribution >= 4 is 28.8 Å². The molecule has 3 aliphatic carbocycles. The summed E-state index contributed by atoms with van der Waals surface area (Å²) in [5, 5.41) is 9.37. The zero-order valence-corrected chi connectivity index (χ0v) is 17.5. The Balaban J connectivity index is 1.15. The minimum Gasteiger partial charge on any atom is -0.326 e. The standard InChI is InChI=1S/C25H28N4O2/c26-13-17-1-5-20(6-2-17)28-22(30)24-14-25(15-24,16-24)23(31)29-21-7-3-18(4-8-21)19-9-11-27-12-10-19/h1-9,27H,10-16,26H2,(H,28,30)(H,29,31). The van der Waals surface area contributed by atoms with Crippen LogP contribution in [0.4, 0.5) is 11.4 Å². The maximum atomic E-state index is 12.9. The van der Waals surface area contributed by atoms with Crippen molar-refractivity contribution in [2.75, 3.05) is 23.7 Å². The van der Waals surface area contributed by atoms with Crippen LogP contribution in [0.25, 0.3) is 5.57 Å². The van der Waals surface area contributed by atoms with E-state index in [0.29, 0.717) is 25.8 Å². The fraction of sp³-hybridized carbons (Fsp3) is 0.360. The molecule has 0 unspecified atom stereocenters. The van der Waals surface area contributed by atoms with Gasteiger partial charge in [-0.1, -0.05) is 30.3 Å². The predicted octanol–water partition coefficient (Wildman–Crippen LogP) is 3.27. The maximum Gasteiger partial charge on any atom is 0.230 e. The Morgan fingerprint density at radius 2 is 1.42 bits per heavy atom. The summed E-state index contributed by atoms with van der Waals surface area (Å²) in [6.07, 6.45) is 5.11. The second kappa shape index (κ2) is 7.62. The molecule has 0 atom stereocenters. The first-order chi connectivity index (χ1) is 15.0. The van der Waals surface area contributed by atoms with Gasteiger partial charge in [-0.2, -0.15) is 0 Å². The van der Waals surface area contributed by atoms with E-state index < -0.39 is 10.8 Å². The smallest absolute Gasteiger partial charge is 0.230 e. The highest BCUT2D eigenvalue weighted by Gasteiger charge is 2.74. The highest BCUT2D eigenvalue weighted by atomic mass is 16.2. The first-order valence-electron chi connectivity index (χ1n) is 10.9. The first kappa shape index (κ1) is 20.0. The largest absolute Gasteiger partial charge is 0.326 e. The van der Waals surface area contributed by atoms with Crippen LogP contribution >= 0.6 is 0 Å². The van der Waals surface area contributed by atoms with Gasteiger partial charge in [0.15, 0.2) is 0 Å². The maximum absolute atomic E-state index is 12.9. The summed E-state index contributed by atoms with van der Waals surface area (Å²) >= 11 is 0. The molecule has 0 aromatic heterocycles. The molecule has 2 bridgehead atoms. The van der Waals surface area contributed by atoms with Crippen LogP contribution in [-0.2, 0) is 16.1 Å². The molecule has 31 heavy (non-hydrogen) atoms. The van der Waals surface area contributed by atoms with Crippen LogP contribution in [0.1, 0.15) is 36.8 Å². The molecular weight excluding hydrogens is 388 g/mol. The second-order valence-electron chi connectivity index (χ2n) is 9.16. The molecule has 1 aliphatic heterocycles. The Labute approximate surface area is 182 Å². The Kier molecular flexibility index (Phi) is 4.91.